The number of anilines is 1. The SMILES string of the molecule is CCOc1ccccc1N(C)C(=O)CCNC. The first-order chi connectivity index (χ1) is 8.20. The van der Waals surface area contributed by atoms with Gasteiger partial charge in [-0.15, -0.1) is 0 Å². The van der Waals surface area contributed by atoms with E-state index in [1.807, 2.05) is 38.2 Å². The van der Waals surface area contributed by atoms with Crippen LogP contribution in [0.25, 0.3) is 0 Å². The number of hydrogen-bond donors (Lipinski definition) is 1. The lowest BCUT2D eigenvalue weighted by Gasteiger charge is -2.20. The number of hydrogen-bond acceptors (Lipinski definition) is 3. The van der Waals surface area contributed by atoms with E-state index >= 15 is 0 Å². The Bertz CT molecular complexity index is 366. The Morgan fingerprint density at radius 3 is 2.76 bits per heavy atom. The Morgan fingerprint density at radius 2 is 2.12 bits per heavy atom. The molecule has 1 aromatic carbocycles. The smallest absolute Gasteiger partial charge is 0.228 e. The Hall–Kier alpha value is -1.55. The fourth-order valence-corrected chi connectivity index (χ4v) is 1.55. The van der Waals surface area contributed by atoms with Crippen molar-refractivity contribution in [1.29, 1.82) is 0 Å². The first kappa shape index (κ1) is 13.5. The summed E-state index contributed by atoms with van der Waals surface area (Å²) in [7, 11) is 3.61. The van der Waals surface area contributed by atoms with Crippen molar-refractivity contribution in [3.8, 4) is 5.75 Å². The minimum atomic E-state index is 0.0755. The van der Waals surface area contributed by atoms with E-state index in [0.717, 1.165) is 11.4 Å². The maximum atomic E-state index is 11.9. The van der Waals surface area contributed by atoms with Crippen molar-refractivity contribution in [2.24, 2.45) is 0 Å². The molecule has 17 heavy (non-hydrogen) atoms. The monoisotopic (exact) mass is 236 g/mol. The van der Waals surface area contributed by atoms with Crippen LogP contribution in [0.15, 0.2) is 24.3 Å². The molecule has 1 aromatic rings. The number of nitrogens with one attached hydrogen (secondary N) is 1. The van der Waals surface area contributed by atoms with Crippen LogP contribution in [0.3, 0.4) is 0 Å². The van der Waals surface area contributed by atoms with E-state index in [2.05, 4.69) is 5.32 Å². The van der Waals surface area contributed by atoms with Gasteiger partial charge in [0.05, 0.1) is 12.3 Å². The highest BCUT2D eigenvalue weighted by atomic mass is 16.5. The first-order valence-electron chi connectivity index (χ1n) is 5.83. The number of carbonyl (C=O) groups is 1. The van der Waals surface area contributed by atoms with Crippen molar-refractivity contribution in [2.45, 2.75) is 13.3 Å². The topological polar surface area (TPSA) is 41.6 Å². The Labute approximate surface area is 103 Å². The Kier molecular flexibility index (Phi) is 5.49. The van der Waals surface area contributed by atoms with Crippen molar-refractivity contribution in [3.05, 3.63) is 24.3 Å². The molecule has 0 saturated heterocycles. The van der Waals surface area contributed by atoms with Gasteiger partial charge in [0.15, 0.2) is 0 Å². The van der Waals surface area contributed by atoms with Crippen molar-refractivity contribution in [1.82, 2.24) is 5.32 Å². The third kappa shape index (κ3) is 3.75. The number of para-hydroxylation sites is 2. The molecule has 1 amide bonds. The second-order valence-corrected chi connectivity index (χ2v) is 3.71. The molecule has 0 aromatic heterocycles. The van der Waals surface area contributed by atoms with E-state index in [4.69, 9.17) is 4.74 Å². The van der Waals surface area contributed by atoms with Crippen LogP contribution in [0.2, 0.25) is 0 Å². The number of amides is 1. The van der Waals surface area contributed by atoms with E-state index in [1.165, 1.54) is 0 Å². The average molecular weight is 236 g/mol. The standard InChI is InChI=1S/C13H20N2O2/c1-4-17-12-8-6-5-7-11(12)15(3)13(16)9-10-14-2/h5-8,14H,4,9-10H2,1-3H3. The Balaban J connectivity index is 2.79. The molecule has 0 aliphatic carbocycles. The van der Waals surface area contributed by atoms with Gasteiger partial charge in [-0.25, -0.2) is 0 Å². The zero-order valence-corrected chi connectivity index (χ0v) is 10.7. The maximum Gasteiger partial charge on any atom is 0.228 e. The normalized spacial score (nSPS) is 10.1. The van der Waals surface area contributed by atoms with E-state index in [1.54, 1.807) is 11.9 Å². The lowest BCUT2D eigenvalue weighted by atomic mass is 10.2. The van der Waals surface area contributed by atoms with Gasteiger partial charge >= 0.3 is 0 Å². The second kappa shape index (κ2) is 6.91. The van der Waals surface area contributed by atoms with Crippen LogP contribution in [-0.4, -0.2) is 33.2 Å². The highest BCUT2D eigenvalue weighted by molar-refractivity contribution is 5.94. The molecule has 1 N–H and O–H groups in total. The molecule has 0 radical (unpaired) electrons. The fraction of sp³-hybridized carbons (Fsp3) is 0.462. The number of nitrogens with zero attached hydrogens (tertiary/aromatic N) is 1. The molecule has 0 atom stereocenters. The third-order valence-electron chi connectivity index (χ3n) is 2.49. The highest BCUT2D eigenvalue weighted by Crippen LogP contribution is 2.27. The summed E-state index contributed by atoms with van der Waals surface area (Å²) in [6.45, 7) is 3.20. The van der Waals surface area contributed by atoms with Gasteiger partial charge in [0.1, 0.15) is 5.75 Å². The van der Waals surface area contributed by atoms with Crippen molar-refractivity contribution in [3.63, 3.8) is 0 Å². The summed E-state index contributed by atoms with van der Waals surface area (Å²) >= 11 is 0. The van der Waals surface area contributed by atoms with Gasteiger partial charge in [0.2, 0.25) is 5.91 Å². The third-order valence-corrected chi connectivity index (χ3v) is 2.49. The molecule has 1 rings (SSSR count). The molecule has 0 saturated carbocycles. The summed E-state index contributed by atoms with van der Waals surface area (Å²) in [4.78, 5) is 13.5. The molecule has 0 aliphatic heterocycles. The second-order valence-electron chi connectivity index (χ2n) is 3.71. The fourth-order valence-electron chi connectivity index (χ4n) is 1.55. The van der Waals surface area contributed by atoms with Crippen LogP contribution in [0.5, 0.6) is 5.75 Å². The summed E-state index contributed by atoms with van der Waals surface area (Å²) in [5.74, 6) is 0.821. The predicted molar refractivity (Wildman–Crippen MR) is 69.6 cm³/mol. The molecular weight excluding hydrogens is 216 g/mol. The molecule has 0 aliphatic rings. The molecule has 4 heteroatoms. The minimum Gasteiger partial charge on any atom is -0.492 e. The van der Waals surface area contributed by atoms with Crippen LogP contribution >= 0.6 is 0 Å². The van der Waals surface area contributed by atoms with Gasteiger partial charge in [-0.1, -0.05) is 12.1 Å². The van der Waals surface area contributed by atoms with Gasteiger partial charge in [-0.3, -0.25) is 4.79 Å². The lowest BCUT2D eigenvalue weighted by molar-refractivity contribution is -0.118. The Morgan fingerprint density at radius 1 is 1.41 bits per heavy atom. The summed E-state index contributed by atoms with van der Waals surface area (Å²) in [6, 6.07) is 7.57. The van der Waals surface area contributed by atoms with E-state index in [-0.39, 0.29) is 5.91 Å². The molecule has 0 unspecified atom stereocenters. The molecule has 4 nitrogen and oxygen atoms in total. The zero-order valence-electron chi connectivity index (χ0n) is 10.7. The van der Waals surface area contributed by atoms with E-state index in [9.17, 15) is 4.79 Å². The van der Waals surface area contributed by atoms with Crippen molar-refractivity contribution >= 4 is 11.6 Å². The summed E-state index contributed by atoms with van der Waals surface area (Å²) < 4.78 is 5.50. The zero-order chi connectivity index (χ0) is 12.7. The van der Waals surface area contributed by atoms with Crippen LogP contribution in [0.1, 0.15) is 13.3 Å². The quantitative estimate of drug-likeness (QED) is 0.816. The van der Waals surface area contributed by atoms with Gasteiger partial charge in [-0.2, -0.15) is 0 Å². The molecular formula is C13H20N2O2. The van der Waals surface area contributed by atoms with Crippen LogP contribution < -0.4 is 15.0 Å². The maximum absolute atomic E-state index is 11.9. The lowest BCUT2D eigenvalue weighted by Crippen LogP contribution is -2.29. The molecule has 0 heterocycles. The van der Waals surface area contributed by atoms with Gasteiger partial charge in [0, 0.05) is 20.0 Å². The van der Waals surface area contributed by atoms with Gasteiger partial charge in [-0.05, 0) is 26.1 Å². The molecule has 0 bridgehead atoms. The van der Waals surface area contributed by atoms with Crippen LogP contribution in [0, 0.1) is 0 Å². The number of carbonyl (C=O) groups excluding carboxylic acids is 1. The highest BCUT2D eigenvalue weighted by Gasteiger charge is 2.14. The van der Waals surface area contributed by atoms with Gasteiger partial charge in [0.25, 0.3) is 0 Å². The van der Waals surface area contributed by atoms with Gasteiger partial charge < -0.3 is 15.0 Å². The molecule has 0 spiro atoms. The number of ether oxygens (including phenoxy) is 1. The minimum absolute atomic E-state index is 0.0755. The molecule has 0 fully saturated rings. The first-order valence-corrected chi connectivity index (χ1v) is 5.83. The number of benzene rings is 1. The van der Waals surface area contributed by atoms with Crippen molar-refractivity contribution in [2.75, 3.05) is 32.1 Å². The summed E-state index contributed by atoms with van der Waals surface area (Å²) in [5, 5.41) is 2.97. The largest absolute Gasteiger partial charge is 0.492 e. The number of rotatable bonds is 6. The predicted octanol–water partition coefficient (Wildman–Crippen LogP) is 1.66. The summed E-state index contributed by atoms with van der Waals surface area (Å²) in [5.41, 5.74) is 0.815. The summed E-state index contributed by atoms with van der Waals surface area (Å²) in [6.07, 6.45) is 0.480. The average Bonchev–Trinajstić information content (AvgIpc) is 2.36. The van der Waals surface area contributed by atoms with E-state index in [0.29, 0.717) is 19.6 Å². The van der Waals surface area contributed by atoms with E-state index < -0.39 is 0 Å². The van der Waals surface area contributed by atoms with Crippen LogP contribution in [-0.2, 0) is 4.79 Å². The molecule has 94 valence electrons. The van der Waals surface area contributed by atoms with Crippen molar-refractivity contribution < 1.29 is 9.53 Å². The van der Waals surface area contributed by atoms with Crippen LogP contribution in [0.4, 0.5) is 5.69 Å².